The van der Waals surface area contributed by atoms with Gasteiger partial charge in [-0.2, -0.15) is 0 Å². The maximum absolute atomic E-state index is 13.2. The molecule has 2 N–H and O–H groups in total. The van der Waals surface area contributed by atoms with Crippen LogP contribution in [0.5, 0.6) is 0 Å². The van der Waals surface area contributed by atoms with Crippen LogP contribution in [0, 0.1) is 12.7 Å². The molecule has 0 spiro atoms. The zero-order valence-corrected chi connectivity index (χ0v) is 15.9. The normalized spacial score (nSPS) is 23.7. The van der Waals surface area contributed by atoms with Crippen molar-refractivity contribution in [1.82, 2.24) is 15.5 Å². The summed E-state index contributed by atoms with van der Waals surface area (Å²) in [5, 5.41) is 6.66. The van der Waals surface area contributed by atoms with Crippen LogP contribution in [0.15, 0.2) is 23.2 Å². The Balaban J connectivity index is 1.47. The van der Waals surface area contributed by atoms with Gasteiger partial charge >= 0.3 is 0 Å². The predicted molar refractivity (Wildman–Crippen MR) is 103 cm³/mol. The van der Waals surface area contributed by atoms with Crippen molar-refractivity contribution < 1.29 is 9.13 Å². The molecule has 5 nitrogen and oxygen atoms in total. The van der Waals surface area contributed by atoms with Crippen LogP contribution in [0.1, 0.15) is 30.9 Å². The predicted octanol–water partition coefficient (Wildman–Crippen LogP) is 2.09. The fourth-order valence-electron chi connectivity index (χ4n) is 3.79. The number of hydrogen-bond donors (Lipinski definition) is 2. The van der Waals surface area contributed by atoms with Crippen molar-refractivity contribution in [2.24, 2.45) is 4.99 Å². The van der Waals surface area contributed by atoms with Crippen molar-refractivity contribution in [2.45, 2.75) is 45.3 Å². The zero-order chi connectivity index (χ0) is 18.4. The lowest BCUT2D eigenvalue weighted by Gasteiger charge is -2.34. The molecule has 26 heavy (non-hydrogen) atoms. The summed E-state index contributed by atoms with van der Waals surface area (Å²) in [6.07, 6.45) is 3.57. The molecular weight excluding hydrogens is 331 g/mol. The number of nitrogens with zero attached hydrogens (tertiary/aromatic N) is 2. The van der Waals surface area contributed by atoms with Gasteiger partial charge < -0.3 is 15.4 Å². The average molecular weight is 362 g/mol. The molecule has 1 aromatic rings. The molecule has 3 rings (SSSR count). The van der Waals surface area contributed by atoms with Gasteiger partial charge in [-0.05, 0) is 62.9 Å². The summed E-state index contributed by atoms with van der Waals surface area (Å²) >= 11 is 0. The third-order valence-corrected chi connectivity index (χ3v) is 5.25. The van der Waals surface area contributed by atoms with E-state index in [1.807, 2.05) is 13.0 Å². The minimum Gasteiger partial charge on any atom is -0.373 e. The van der Waals surface area contributed by atoms with E-state index in [9.17, 15) is 4.39 Å². The van der Waals surface area contributed by atoms with Gasteiger partial charge in [0, 0.05) is 25.7 Å². The second-order valence-corrected chi connectivity index (χ2v) is 7.21. The van der Waals surface area contributed by atoms with Crippen molar-refractivity contribution in [3.63, 3.8) is 0 Å². The van der Waals surface area contributed by atoms with Gasteiger partial charge in [-0.3, -0.25) is 9.89 Å². The second kappa shape index (κ2) is 9.33. The minimum atomic E-state index is -0.179. The number of hydrogen-bond acceptors (Lipinski definition) is 3. The number of aryl methyl sites for hydroxylation is 1. The lowest BCUT2D eigenvalue weighted by molar-refractivity contribution is -0.0432. The van der Waals surface area contributed by atoms with E-state index in [2.05, 4.69) is 22.5 Å². The summed E-state index contributed by atoms with van der Waals surface area (Å²) in [5.74, 6) is 0.640. The molecular formula is C20H31FN4O. The van der Waals surface area contributed by atoms with E-state index in [4.69, 9.17) is 9.73 Å². The molecule has 144 valence electrons. The minimum absolute atomic E-state index is 0.179. The van der Waals surface area contributed by atoms with E-state index in [0.717, 1.165) is 49.7 Å². The van der Waals surface area contributed by atoms with Gasteiger partial charge in [0.25, 0.3) is 0 Å². The van der Waals surface area contributed by atoms with Crippen LogP contribution in [0.3, 0.4) is 0 Å². The Morgan fingerprint density at radius 1 is 1.38 bits per heavy atom. The van der Waals surface area contributed by atoms with Crippen molar-refractivity contribution in [2.75, 3.05) is 39.3 Å². The molecule has 2 aliphatic heterocycles. The van der Waals surface area contributed by atoms with E-state index < -0.39 is 0 Å². The number of guanidine groups is 1. The first-order chi connectivity index (χ1) is 12.7. The van der Waals surface area contributed by atoms with Crippen LogP contribution in [-0.2, 0) is 11.2 Å². The van der Waals surface area contributed by atoms with Gasteiger partial charge in [0.1, 0.15) is 5.82 Å². The topological polar surface area (TPSA) is 48.9 Å². The quantitative estimate of drug-likeness (QED) is 0.601. The maximum Gasteiger partial charge on any atom is 0.191 e. The Hall–Kier alpha value is -1.66. The standard InChI is InChI=1S/C20H31FN4O/c1-3-22-20(23-9-8-16-6-7-17(21)11-15(16)2)24-12-19-13-25-10-4-5-18(25)14-26-19/h6-7,11,18-19H,3-5,8-10,12-14H2,1-2H3,(H2,22,23,24). The van der Waals surface area contributed by atoms with E-state index >= 15 is 0 Å². The lowest BCUT2D eigenvalue weighted by atomic mass is 10.1. The smallest absolute Gasteiger partial charge is 0.191 e. The van der Waals surface area contributed by atoms with Crippen LogP contribution >= 0.6 is 0 Å². The molecule has 2 unspecified atom stereocenters. The highest BCUT2D eigenvalue weighted by molar-refractivity contribution is 5.79. The Kier molecular flexibility index (Phi) is 6.86. The van der Waals surface area contributed by atoms with Crippen LogP contribution in [-0.4, -0.2) is 62.3 Å². The molecule has 2 atom stereocenters. The second-order valence-electron chi connectivity index (χ2n) is 7.21. The van der Waals surface area contributed by atoms with E-state index in [1.54, 1.807) is 6.07 Å². The van der Waals surface area contributed by atoms with Gasteiger partial charge in [-0.15, -0.1) is 0 Å². The summed E-state index contributed by atoms with van der Waals surface area (Å²) in [4.78, 5) is 7.24. The third kappa shape index (κ3) is 5.17. The van der Waals surface area contributed by atoms with Crippen LogP contribution in [0.25, 0.3) is 0 Å². The summed E-state index contributed by atoms with van der Waals surface area (Å²) in [7, 11) is 0. The molecule has 0 amide bonds. The van der Waals surface area contributed by atoms with Gasteiger partial charge in [-0.1, -0.05) is 6.07 Å². The summed E-state index contributed by atoms with van der Waals surface area (Å²) < 4.78 is 19.2. The van der Waals surface area contributed by atoms with Crippen LogP contribution in [0.2, 0.25) is 0 Å². The lowest BCUT2D eigenvalue weighted by Crippen LogP contribution is -2.47. The Labute approximate surface area is 156 Å². The number of nitrogens with one attached hydrogen (secondary N) is 2. The molecule has 0 aliphatic carbocycles. The molecule has 0 aromatic heterocycles. The highest BCUT2D eigenvalue weighted by atomic mass is 19.1. The molecule has 1 aromatic carbocycles. The highest BCUT2D eigenvalue weighted by Crippen LogP contribution is 2.22. The fraction of sp³-hybridized carbons (Fsp3) is 0.650. The summed E-state index contributed by atoms with van der Waals surface area (Å²) in [6, 6.07) is 5.59. The average Bonchev–Trinajstić information content (AvgIpc) is 3.09. The van der Waals surface area contributed by atoms with Crippen molar-refractivity contribution in [1.29, 1.82) is 0 Å². The molecule has 0 bridgehead atoms. The van der Waals surface area contributed by atoms with E-state index in [0.29, 0.717) is 12.6 Å². The Bertz CT molecular complexity index is 622. The molecule has 2 saturated heterocycles. The van der Waals surface area contributed by atoms with Gasteiger partial charge in [0.2, 0.25) is 0 Å². The van der Waals surface area contributed by atoms with Gasteiger partial charge in [0.05, 0.1) is 19.3 Å². The van der Waals surface area contributed by atoms with E-state index in [1.165, 1.54) is 25.5 Å². The Morgan fingerprint density at radius 2 is 2.27 bits per heavy atom. The zero-order valence-electron chi connectivity index (χ0n) is 15.9. The number of fused-ring (bicyclic) bond motifs is 1. The largest absolute Gasteiger partial charge is 0.373 e. The fourth-order valence-corrected chi connectivity index (χ4v) is 3.79. The molecule has 2 fully saturated rings. The van der Waals surface area contributed by atoms with Crippen molar-refractivity contribution in [3.05, 3.63) is 35.1 Å². The summed E-state index contributed by atoms with van der Waals surface area (Å²) in [5.41, 5.74) is 2.15. The molecule has 6 heteroatoms. The first kappa shape index (κ1) is 19.1. The third-order valence-electron chi connectivity index (χ3n) is 5.25. The number of aliphatic imine (C=N–C) groups is 1. The summed E-state index contributed by atoms with van der Waals surface area (Å²) in [6.45, 7) is 9.30. The first-order valence-electron chi connectivity index (χ1n) is 9.78. The first-order valence-corrected chi connectivity index (χ1v) is 9.78. The van der Waals surface area contributed by atoms with E-state index in [-0.39, 0.29) is 11.9 Å². The van der Waals surface area contributed by atoms with Gasteiger partial charge in [-0.25, -0.2) is 4.39 Å². The molecule has 0 saturated carbocycles. The van der Waals surface area contributed by atoms with Crippen LogP contribution in [0.4, 0.5) is 4.39 Å². The van der Waals surface area contributed by atoms with Gasteiger partial charge in [0.15, 0.2) is 5.96 Å². The van der Waals surface area contributed by atoms with Crippen LogP contribution < -0.4 is 10.6 Å². The van der Waals surface area contributed by atoms with Crippen molar-refractivity contribution >= 4 is 5.96 Å². The number of ether oxygens (including phenoxy) is 1. The molecule has 2 heterocycles. The number of benzene rings is 1. The number of halogens is 1. The monoisotopic (exact) mass is 362 g/mol. The highest BCUT2D eigenvalue weighted by Gasteiger charge is 2.31. The van der Waals surface area contributed by atoms with Crippen molar-refractivity contribution in [3.8, 4) is 0 Å². The SMILES string of the molecule is CCNC(=NCC1CN2CCCC2CO1)NCCc1ccc(F)cc1C. The number of rotatable bonds is 6. The molecule has 0 radical (unpaired) electrons. The maximum atomic E-state index is 13.2. The molecule has 2 aliphatic rings. The number of morpholine rings is 1. The Morgan fingerprint density at radius 3 is 3.08 bits per heavy atom.